The van der Waals surface area contributed by atoms with E-state index in [1.54, 1.807) is 30.3 Å². The Morgan fingerprint density at radius 3 is 2.36 bits per heavy atom. The molecular formula is C34H26F2N3O5+. The monoisotopic (exact) mass is 594 g/mol. The molecule has 6 rings (SSSR count). The zero-order chi connectivity index (χ0) is 31.0. The molecule has 1 unspecified atom stereocenters. The van der Waals surface area contributed by atoms with Gasteiger partial charge in [0.25, 0.3) is 0 Å². The van der Waals surface area contributed by atoms with Gasteiger partial charge in [-0.2, -0.15) is 4.85 Å². The average molecular weight is 595 g/mol. The number of hydrogen-bond acceptors (Lipinski definition) is 6. The van der Waals surface area contributed by atoms with Crippen LogP contribution in [0.25, 0.3) is 15.7 Å². The molecule has 4 aromatic rings. The number of ether oxygens (including phenoxy) is 3. The summed E-state index contributed by atoms with van der Waals surface area (Å²) in [6, 6.07) is 14.4. The number of nitrogens with zero attached hydrogens (tertiary/aromatic N) is 3. The summed E-state index contributed by atoms with van der Waals surface area (Å²) >= 11 is 0. The standard InChI is InChI=1S/C34H26F2N3O5/c1-37-33-23(20-5-6-20)16-25(34(41)39(33)22-9-7-21(35)8-10-22)28(40)15-19-4-11-30(26(36)14-19)44-29-12-13-38-27-18-32(43-3)31(42-2)17-24(27)29/h4,7-14,16-18,20,25H,5-6,15H2,2-3H3/q+1. The number of halogens is 2. The van der Waals surface area contributed by atoms with Crippen LogP contribution in [0.1, 0.15) is 18.4 Å². The Morgan fingerprint density at radius 2 is 1.70 bits per heavy atom. The van der Waals surface area contributed by atoms with Gasteiger partial charge in [-0.3, -0.25) is 9.78 Å². The summed E-state index contributed by atoms with van der Waals surface area (Å²) in [7, 11) is 3.02. The molecule has 10 heteroatoms. The molecule has 8 nitrogen and oxygen atoms in total. The maximum atomic E-state index is 15.3. The van der Waals surface area contributed by atoms with Gasteiger partial charge >= 0.3 is 11.7 Å². The summed E-state index contributed by atoms with van der Waals surface area (Å²) in [6.07, 6.45) is 4.57. The SMILES string of the molecule is [C-]#[N+]C1=[N+](c2ccc(F)cc2)C(=O)C(C(=O)Cc2ccc(Oc3ccnc4cc(OC)c(OC)cc34)c(F)c2)C=C1C1CC1. The highest BCUT2D eigenvalue weighted by atomic mass is 19.1. The topological polar surface area (TPSA) is 82.1 Å². The van der Waals surface area contributed by atoms with Gasteiger partial charge in [0.2, 0.25) is 5.69 Å². The minimum atomic E-state index is -1.17. The summed E-state index contributed by atoms with van der Waals surface area (Å²) in [5.74, 6) is -1.97. The van der Waals surface area contributed by atoms with Crippen molar-refractivity contribution in [1.82, 2.24) is 4.98 Å². The first-order chi connectivity index (χ1) is 21.3. The predicted molar refractivity (Wildman–Crippen MR) is 157 cm³/mol. The van der Waals surface area contributed by atoms with Gasteiger partial charge in [0.1, 0.15) is 18.1 Å². The van der Waals surface area contributed by atoms with Crippen LogP contribution in [0.15, 0.2) is 78.5 Å². The number of pyridine rings is 1. The number of rotatable bonds is 9. The summed E-state index contributed by atoms with van der Waals surface area (Å²) in [4.78, 5) is 35.1. The first-order valence-electron chi connectivity index (χ1n) is 13.9. The van der Waals surface area contributed by atoms with Crippen molar-refractivity contribution >= 4 is 34.1 Å². The molecule has 1 amide bonds. The van der Waals surface area contributed by atoms with Gasteiger partial charge in [-0.05, 0) is 60.7 Å². The Balaban J connectivity index is 1.25. The van der Waals surface area contributed by atoms with E-state index in [0.717, 1.165) is 12.8 Å². The second-order valence-electron chi connectivity index (χ2n) is 10.5. The predicted octanol–water partition coefficient (Wildman–Crippen LogP) is 6.59. The van der Waals surface area contributed by atoms with Crippen LogP contribution in [0.5, 0.6) is 23.0 Å². The van der Waals surface area contributed by atoms with E-state index in [2.05, 4.69) is 9.83 Å². The van der Waals surface area contributed by atoms with E-state index in [1.165, 1.54) is 61.4 Å². The van der Waals surface area contributed by atoms with Crippen LogP contribution in [0, 0.1) is 30.0 Å². The zero-order valence-electron chi connectivity index (χ0n) is 23.8. The quantitative estimate of drug-likeness (QED) is 0.124. The fourth-order valence-corrected chi connectivity index (χ4v) is 5.30. The van der Waals surface area contributed by atoms with Crippen LogP contribution in [-0.4, -0.2) is 41.3 Å². The van der Waals surface area contributed by atoms with E-state index in [-0.39, 0.29) is 23.9 Å². The molecule has 0 N–H and O–H groups in total. The molecule has 220 valence electrons. The highest BCUT2D eigenvalue weighted by Crippen LogP contribution is 2.41. The Kier molecular flexibility index (Phi) is 7.62. The van der Waals surface area contributed by atoms with Gasteiger partial charge in [0.05, 0.1) is 19.7 Å². The van der Waals surface area contributed by atoms with Crippen molar-refractivity contribution < 1.29 is 37.2 Å². The second kappa shape index (κ2) is 11.7. The largest absolute Gasteiger partial charge is 0.493 e. The van der Waals surface area contributed by atoms with Gasteiger partial charge < -0.3 is 14.2 Å². The maximum Gasteiger partial charge on any atom is 0.431 e. The number of methoxy groups -OCH3 is 2. The fourth-order valence-electron chi connectivity index (χ4n) is 5.30. The highest BCUT2D eigenvalue weighted by Gasteiger charge is 2.46. The number of carbonyl (C=O) groups is 2. The molecule has 1 aliphatic carbocycles. The molecule has 1 atom stereocenters. The summed E-state index contributed by atoms with van der Waals surface area (Å²) < 4.78 is 46.7. The first-order valence-corrected chi connectivity index (χ1v) is 13.9. The molecule has 44 heavy (non-hydrogen) atoms. The number of carbonyl (C=O) groups excluding carboxylic acids is 2. The van der Waals surface area contributed by atoms with Crippen LogP contribution in [0.3, 0.4) is 0 Å². The summed E-state index contributed by atoms with van der Waals surface area (Å²) in [6.45, 7) is 7.75. The number of amides is 1. The molecule has 2 heterocycles. The number of aromatic nitrogens is 1. The maximum absolute atomic E-state index is 15.3. The van der Waals surface area contributed by atoms with Crippen molar-refractivity contribution in [3.05, 3.63) is 107 Å². The molecule has 0 spiro atoms. The minimum Gasteiger partial charge on any atom is -0.493 e. The average Bonchev–Trinajstić information content (AvgIpc) is 3.87. The molecule has 1 saturated carbocycles. The number of ketones is 1. The van der Waals surface area contributed by atoms with E-state index in [0.29, 0.717) is 45.0 Å². The smallest absolute Gasteiger partial charge is 0.431 e. The summed E-state index contributed by atoms with van der Waals surface area (Å²) in [5.41, 5.74) is 1.86. The Labute approximate surface area is 251 Å². The molecule has 0 radical (unpaired) electrons. The molecule has 1 aliphatic heterocycles. The van der Waals surface area contributed by atoms with Crippen LogP contribution in [0.4, 0.5) is 14.5 Å². The number of hydrogen-bond donors (Lipinski definition) is 0. The normalized spacial score (nSPS) is 16.4. The third-order valence-corrected chi connectivity index (χ3v) is 7.66. The molecular weight excluding hydrogens is 568 g/mol. The van der Waals surface area contributed by atoms with Crippen molar-refractivity contribution in [2.45, 2.75) is 19.3 Å². The molecule has 3 aromatic carbocycles. The second-order valence-corrected chi connectivity index (χ2v) is 10.5. The lowest BCUT2D eigenvalue weighted by atomic mass is 9.90. The van der Waals surface area contributed by atoms with Crippen molar-refractivity contribution in [2.24, 2.45) is 11.8 Å². The van der Waals surface area contributed by atoms with Crippen LogP contribution in [0.2, 0.25) is 0 Å². The molecule has 1 aromatic heterocycles. The lowest BCUT2D eigenvalue weighted by molar-refractivity contribution is -0.370. The van der Waals surface area contributed by atoms with E-state index >= 15 is 4.39 Å². The Morgan fingerprint density at radius 1 is 0.977 bits per heavy atom. The number of benzene rings is 3. The highest BCUT2D eigenvalue weighted by molar-refractivity contribution is 6.13. The third kappa shape index (κ3) is 5.40. The summed E-state index contributed by atoms with van der Waals surface area (Å²) in [5, 5.41) is 0.583. The van der Waals surface area contributed by atoms with E-state index in [9.17, 15) is 14.0 Å². The first kappa shape index (κ1) is 28.7. The minimum absolute atomic E-state index is 0.0630. The van der Waals surface area contributed by atoms with Gasteiger partial charge in [-0.15, -0.1) is 4.58 Å². The van der Waals surface area contributed by atoms with E-state index in [1.807, 2.05) is 0 Å². The van der Waals surface area contributed by atoms with Gasteiger partial charge in [-0.1, -0.05) is 12.1 Å². The van der Waals surface area contributed by atoms with Gasteiger partial charge in [-0.25, -0.2) is 13.6 Å². The Bertz CT molecular complexity index is 1920. The third-order valence-electron chi connectivity index (χ3n) is 7.66. The number of amidine groups is 1. The zero-order valence-corrected chi connectivity index (χ0v) is 23.8. The lowest BCUT2D eigenvalue weighted by Crippen LogP contribution is -2.38. The van der Waals surface area contributed by atoms with Gasteiger partial charge in [0, 0.05) is 41.8 Å². The number of Topliss-reactive ketones (excluding diaryl/α,β-unsaturated/α-hetero) is 1. The van der Waals surface area contributed by atoms with E-state index in [4.69, 9.17) is 20.8 Å². The lowest BCUT2D eigenvalue weighted by Gasteiger charge is -2.17. The van der Waals surface area contributed by atoms with E-state index < -0.39 is 29.2 Å². The van der Waals surface area contributed by atoms with Crippen molar-refractivity contribution in [3.8, 4) is 23.0 Å². The molecule has 1 fully saturated rings. The van der Waals surface area contributed by atoms with Crippen LogP contribution >= 0.6 is 0 Å². The molecule has 2 aliphatic rings. The van der Waals surface area contributed by atoms with Crippen LogP contribution < -0.4 is 14.2 Å². The molecule has 0 saturated heterocycles. The Hall–Kier alpha value is -5.43. The van der Waals surface area contributed by atoms with Crippen molar-refractivity contribution in [3.63, 3.8) is 0 Å². The molecule has 0 bridgehead atoms. The van der Waals surface area contributed by atoms with Crippen LogP contribution in [-0.2, 0) is 16.0 Å². The van der Waals surface area contributed by atoms with Crippen molar-refractivity contribution in [2.75, 3.05) is 14.2 Å². The van der Waals surface area contributed by atoms with Crippen molar-refractivity contribution in [1.29, 1.82) is 0 Å². The fraction of sp³-hybridized carbons (Fsp3) is 0.206. The van der Waals surface area contributed by atoms with Gasteiger partial charge in [0.15, 0.2) is 34.8 Å². The number of fused-ring (bicyclic) bond motifs is 1.